The van der Waals surface area contributed by atoms with Crippen LogP contribution in [0.1, 0.15) is 47.0 Å². The number of rotatable bonds is 3. The topological polar surface area (TPSA) is 6.48 Å². The lowest BCUT2D eigenvalue weighted by Gasteiger charge is -2.35. The van der Waals surface area contributed by atoms with E-state index in [4.69, 9.17) is 0 Å². The second-order valence-corrected chi connectivity index (χ2v) is 5.52. The van der Waals surface area contributed by atoms with Crippen molar-refractivity contribution in [2.45, 2.75) is 47.0 Å². The van der Waals surface area contributed by atoms with E-state index in [1.54, 1.807) is 0 Å². The molecule has 0 aromatic heterocycles. The number of likely N-dealkylation sites (N-methyl/N-ethyl adjacent to an activating group) is 1. The van der Waals surface area contributed by atoms with Crippen LogP contribution in [0.25, 0.3) is 0 Å². The summed E-state index contributed by atoms with van der Waals surface area (Å²) in [7, 11) is 0. The van der Waals surface area contributed by atoms with E-state index in [-0.39, 0.29) is 0 Å². The zero-order valence-corrected chi connectivity index (χ0v) is 12.4. The number of hydrogen-bond acceptors (Lipinski definition) is 2. The molecule has 2 heteroatoms. The van der Waals surface area contributed by atoms with Crippen LogP contribution in [0.3, 0.4) is 0 Å². The van der Waals surface area contributed by atoms with Gasteiger partial charge in [-0.3, -0.25) is 0 Å². The normalized spacial score (nSPS) is 31.1. The van der Waals surface area contributed by atoms with Crippen LogP contribution in [0.5, 0.6) is 0 Å². The summed E-state index contributed by atoms with van der Waals surface area (Å²) in [6.07, 6.45) is 4.43. The lowest BCUT2D eigenvalue weighted by atomic mass is 10.1. The summed E-state index contributed by atoms with van der Waals surface area (Å²) < 4.78 is 0. The fourth-order valence-corrected chi connectivity index (χ4v) is 3.14. The fraction of sp³-hybridized carbons (Fsp3) is 1.00. The van der Waals surface area contributed by atoms with E-state index in [0.29, 0.717) is 0 Å². The smallest absolute Gasteiger partial charge is 0.0110 e. The van der Waals surface area contributed by atoms with Gasteiger partial charge in [-0.25, -0.2) is 0 Å². The second kappa shape index (κ2) is 8.10. The molecule has 0 radical (unpaired) electrons. The van der Waals surface area contributed by atoms with E-state index in [9.17, 15) is 0 Å². The Morgan fingerprint density at radius 3 is 2.00 bits per heavy atom. The van der Waals surface area contributed by atoms with Crippen molar-refractivity contribution in [2.24, 2.45) is 11.8 Å². The number of hydrogen-bond donors (Lipinski definition) is 0. The number of piperazine rings is 1. The minimum Gasteiger partial charge on any atom is -0.301 e. The quantitative estimate of drug-likeness (QED) is 0.748. The molecule has 0 N–H and O–H groups in total. The molecule has 2 nitrogen and oxygen atoms in total. The number of nitrogens with zero attached hydrogens (tertiary/aromatic N) is 2. The molecule has 1 saturated heterocycles. The van der Waals surface area contributed by atoms with Gasteiger partial charge in [-0.05, 0) is 31.2 Å². The first-order chi connectivity index (χ1) is 8.28. The van der Waals surface area contributed by atoms with Crippen LogP contribution in [-0.4, -0.2) is 49.1 Å². The summed E-state index contributed by atoms with van der Waals surface area (Å²) in [6.45, 7) is 16.5. The molecule has 2 unspecified atom stereocenters. The van der Waals surface area contributed by atoms with Gasteiger partial charge in [0.15, 0.2) is 0 Å². The Bertz CT molecular complexity index is 185. The van der Waals surface area contributed by atoms with Gasteiger partial charge in [-0.2, -0.15) is 0 Å². The van der Waals surface area contributed by atoms with Crippen LogP contribution in [0.4, 0.5) is 0 Å². The minimum atomic E-state index is 0.993. The van der Waals surface area contributed by atoms with E-state index in [1.807, 2.05) is 13.8 Å². The first kappa shape index (κ1) is 15.0. The van der Waals surface area contributed by atoms with Crippen molar-refractivity contribution in [3.8, 4) is 0 Å². The summed E-state index contributed by atoms with van der Waals surface area (Å²) in [5.74, 6) is 2.00. The maximum absolute atomic E-state index is 2.69. The Balaban J connectivity index is 0.000000686. The predicted molar refractivity (Wildman–Crippen MR) is 76.4 cm³/mol. The van der Waals surface area contributed by atoms with Gasteiger partial charge in [-0.1, -0.05) is 34.1 Å². The maximum Gasteiger partial charge on any atom is 0.0110 e. The zero-order chi connectivity index (χ0) is 12.7. The Morgan fingerprint density at radius 2 is 1.53 bits per heavy atom. The van der Waals surface area contributed by atoms with Crippen LogP contribution in [0, 0.1) is 11.8 Å². The molecule has 0 aromatic carbocycles. The molecule has 1 heterocycles. The first-order valence-electron chi connectivity index (χ1n) is 7.72. The first-order valence-corrected chi connectivity index (χ1v) is 7.72. The van der Waals surface area contributed by atoms with Crippen LogP contribution >= 0.6 is 0 Å². The molecule has 102 valence electrons. The van der Waals surface area contributed by atoms with Crippen molar-refractivity contribution >= 4 is 0 Å². The second-order valence-electron chi connectivity index (χ2n) is 5.52. The summed E-state index contributed by atoms with van der Waals surface area (Å²) in [6, 6.07) is 0. The van der Waals surface area contributed by atoms with E-state index >= 15 is 0 Å². The molecule has 0 aromatic rings. The van der Waals surface area contributed by atoms with Crippen molar-refractivity contribution in [3.63, 3.8) is 0 Å². The predicted octanol–water partition coefficient (Wildman–Crippen LogP) is 3.09. The molecule has 0 amide bonds. The summed E-state index contributed by atoms with van der Waals surface area (Å²) in [4.78, 5) is 5.25. The van der Waals surface area contributed by atoms with Crippen molar-refractivity contribution in [1.82, 2.24) is 9.80 Å². The van der Waals surface area contributed by atoms with Gasteiger partial charge < -0.3 is 9.80 Å². The van der Waals surface area contributed by atoms with Crippen LogP contribution in [0.15, 0.2) is 0 Å². The average Bonchev–Trinajstić information content (AvgIpc) is 2.78. The van der Waals surface area contributed by atoms with Gasteiger partial charge in [-0.15, -0.1) is 0 Å². The monoisotopic (exact) mass is 240 g/mol. The van der Waals surface area contributed by atoms with Gasteiger partial charge in [0.2, 0.25) is 0 Å². The van der Waals surface area contributed by atoms with Crippen LogP contribution in [0.2, 0.25) is 0 Å². The molecule has 2 fully saturated rings. The highest BCUT2D eigenvalue weighted by atomic mass is 15.3. The van der Waals surface area contributed by atoms with E-state index in [1.165, 1.54) is 58.5 Å². The van der Waals surface area contributed by atoms with Crippen molar-refractivity contribution < 1.29 is 0 Å². The average molecular weight is 240 g/mol. The summed E-state index contributed by atoms with van der Waals surface area (Å²) >= 11 is 0. The zero-order valence-electron chi connectivity index (χ0n) is 12.4. The fourth-order valence-electron chi connectivity index (χ4n) is 3.14. The van der Waals surface area contributed by atoms with E-state index in [2.05, 4.69) is 23.6 Å². The highest BCUT2D eigenvalue weighted by molar-refractivity contribution is 4.78. The molecule has 17 heavy (non-hydrogen) atoms. The van der Waals surface area contributed by atoms with Crippen LogP contribution in [-0.2, 0) is 0 Å². The van der Waals surface area contributed by atoms with Crippen LogP contribution < -0.4 is 0 Å². The molecule has 2 rings (SSSR count). The molecule has 2 aliphatic rings. The van der Waals surface area contributed by atoms with Gasteiger partial charge >= 0.3 is 0 Å². The molecule has 1 aliphatic carbocycles. The standard InChI is InChI=1S/C13H26N2.C2H6/c1-3-14-6-8-15(9-7-14)11-13-5-4-12(2)10-13;1-2/h12-13H,3-11H2,1-2H3;1-2H3. The third-order valence-corrected chi connectivity index (χ3v) is 4.23. The van der Waals surface area contributed by atoms with Gasteiger partial charge in [0.25, 0.3) is 0 Å². The SMILES string of the molecule is CC.CCN1CCN(CC2CCC(C)C2)CC1. The lowest BCUT2D eigenvalue weighted by Crippen LogP contribution is -2.47. The largest absolute Gasteiger partial charge is 0.301 e. The summed E-state index contributed by atoms with van der Waals surface area (Å²) in [5.41, 5.74) is 0. The molecule has 2 atom stereocenters. The molecular formula is C15H32N2. The van der Waals surface area contributed by atoms with E-state index < -0.39 is 0 Å². The molecule has 0 bridgehead atoms. The van der Waals surface area contributed by atoms with Gasteiger partial charge in [0.1, 0.15) is 0 Å². The minimum absolute atomic E-state index is 0.993. The Morgan fingerprint density at radius 1 is 0.941 bits per heavy atom. The maximum atomic E-state index is 2.69. The summed E-state index contributed by atoms with van der Waals surface area (Å²) in [5, 5.41) is 0. The van der Waals surface area contributed by atoms with Crippen molar-refractivity contribution in [3.05, 3.63) is 0 Å². The highest BCUT2D eigenvalue weighted by Gasteiger charge is 2.24. The molecule has 1 saturated carbocycles. The van der Waals surface area contributed by atoms with Gasteiger partial charge in [0.05, 0.1) is 0 Å². The molecule has 1 aliphatic heterocycles. The molecule has 0 spiro atoms. The van der Waals surface area contributed by atoms with Crippen molar-refractivity contribution in [2.75, 3.05) is 39.3 Å². The lowest BCUT2D eigenvalue weighted by molar-refractivity contribution is 0.122. The third kappa shape index (κ3) is 4.97. The molecular weight excluding hydrogens is 208 g/mol. The van der Waals surface area contributed by atoms with Crippen molar-refractivity contribution in [1.29, 1.82) is 0 Å². The third-order valence-electron chi connectivity index (χ3n) is 4.23. The Labute approximate surface area is 108 Å². The Kier molecular flexibility index (Phi) is 7.14. The highest BCUT2D eigenvalue weighted by Crippen LogP contribution is 2.30. The Hall–Kier alpha value is -0.0800. The van der Waals surface area contributed by atoms with E-state index in [0.717, 1.165) is 11.8 Å². The van der Waals surface area contributed by atoms with Gasteiger partial charge in [0, 0.05) is 32.7 Å².